The number of furan rings is 1. The quantitative estimate of drug-likeness (QED) is 0.563. The Morgan fingerprint density at radius 1 is 1.56 bits per heavy atom. The Bertz CT molecular complexity index is 453. The first-order valence-electron chi connectivity index (χ1n) is 5.00. The van der Waals surface area contributed by atoms with Gasteiger partial charge in [-0.1, -0.05) is 0 Å². The van der Waals surface area contributed by atoms with Gasteiger partial charge in [0.2, 0.25) is 0 Å². The third kappa shape index (κ3) is 1.56. The number of Topliss-reactive ketones (excluding diaryl/α,β-unsaturated/α-hetero) is 1. The first kappa shape index (κ1) is 10.7. The molecule has 2 rings (SSSR count). The van der Waals surface area contributed by atoms with E-state index >= 15 is 0 Å². The van der Waals surface area contributed by atoms with Gasteiger partial charge in [0.25, 0.3) is 0 Å². The van der Waals surface area contributed by atoms with Gasteiger partial charge in [0.15, 0.2) is 5.78 Å². The molecule has 4 heteroatoms. The van der Waals surface area contributed by atoms with Gasteiger partial charge in [0, 0.05) is 12.3 Å². The standard InChI is InChI=1S/C12H12O4/c1-7-8(10-4-3-5-16-10)6-9(13)11(7)12(14)15-2/h3-5,8H,6H2,1-2H3. The molecule has 0 spiro atoms. The summed E-state index contributed by atoms with van der Waals surface area (Å²) in [6.45, 7) is 1.77. The topological polar surface area (TPSA) is 56.5 Å². The third-order valence-corrected chi connectivity index (χ3v) is 2.86. The average Bonchev–Trinajstić information content (AvgIpc) is 2.86. The number of carbonyl (C=O) groups excluding carboxylic acids is 2. The van der Waals surface area contributed by atoms with Gasteiger partial charge in [-0.15, -0.1) is 0 Å². The Labute approximate surface area is 92.9 Å². The van der Waals surface area contributed by atoms with Crippen LogP contribution in [0.1, 0.15) is 25.0 Å². The van der Waals surface area contributed by atoms with E-state index in [1.165, 1.54) is 7.11 Å². The van der Waals surface area contributed by atoms with Gasteiger partial charge in [-0.05, 0) is 24.6 Å². The minimum atomic E-state index is -0.559. The van der Waals surface area contributed by atoms with Gasteiger partial charge in [-0.2, -0.15) is 0 Å². The number of methoxy groups -OCH3 is 1. The largest absolute Gasteiger partial charge is 0.469 e. The van der Waals surface area contributed by atoms with Gasteiger partial charge in [-0.25, -0.2) is 4.79 Å². The molecule has 1 aromatic rings. The Balaban J connectivity index is 2.38. The van der Waals surface area contributed by atoms with Gasteiger partial charge >= 0.3 is 5.97 Å². The smallest absolute Gasteiger partial charge is 0.341 e. The van der Waals surface area contributed by atoms with Crippen molar-refractivity contribution in [3.63, 3.8) is 0 Å². The average molecular weight is 220 g/mol. The van der Waals surface area contributed by atoms with E-state index in [-0.39, 0.29) is 23.7 Å². The van der Waals surface area contributed by atoms with E-state index < -0.39 is 5.97 Å². The van der Waals surface area contributed by atoms with E-state index in [9.17, 15) is 9.59 Å². The van der Waals surface area contributed by atoms with Crippen LogP contribution < -0.4 is 0 Å². The zero-order chi connectivity index (χ0) is 11.7. The van der Waals surface area contributed by atoms with Crippen LogP contribution in [0.25, 0.3) is 0 Å². The van der Waals surface area contributed by atoms with Crippen LogP contribution in [0.3, 0.4) is 0 Å². The van der Waals surface area contributed by atoms with Crippen LogP contribution in [0.2, 0.25) is 0 Å². The van der Waals surface area contributed by atoms with Crippen LogP contribution in [-0.4, -0.2) is 18.9 Å². The van der Waals surface area contributed by atoms with Crippen molar-refractivity contribution in [2.45, 2.75) is 19.3 Å². The van der Waals surface area contributed by atoms with Crippen molar-refractivity contribution in [1.29, 1.82) is 0 Å². The van der Waals surface area contributed by atoms with E-state index in [0.29, 0.717) is 5.76 Å². The maximum absolute atomic E-state index is 11.7. The molecule has 0 aromatic carbocycles. The minimum absolute atomic E-state index is 0.128. The summed E-state index contributed by atoms with van der Waals surface area (Å²) < 4.78 is 9.85. The summed E-state index contributed by atoms with van der Waals surface area (Å²) in [5, 5.41) is 0. The number of allylic oxidation sites excluding steroid dienone is 1. The fourth-order valence-corrected chi connectivity index (χ4v) is 2.02. The molecule has 0 saturated heterocycles. The monoisotopic (exact) mass is 220 g/mol. The molecule has 4 nitrogen and oxygen atoms in total. The first-order valence-corrected chi connectivity index (χ1v) is 5.00. The van der Waals surface area contributed by atoms with E-state index in [4.69, 9.17) is 4.42 Å². The van der Waals surface area contributed by atoms with Crippen LogP contribution in [-0.2, 0) is 14.3 Å². The summed E-state index contributed by atoms with van der Waals surface area (Å²) in [5.74, 6) is -0.149. The van der Waals surface area contributed by atoms with Gasteiger partial charge < -0.3 is 9.15 Å². The van der Waals surface area contributed by atoms with E-state index in [1.807, 2.05) is 6.07 Å². The Morgan fingerprint density at radius 2 is 2.31 bits per heavy atom. The SMILES string of the molecule is COC(=O)C1=C(C)C(c2ccco2)CC1=O. The van der Waals surface area contributed by atoms with Crippen LogP contribution in [0, 0.1) is 0 Å². The lowest BCUT2D eigenvalue weighted by atomic mass is 9.99. The molecule has 0 bridgehead atoms. The van der Waals surface area contributed by atoms with Crippen molar-refractivity contribution >= 4 is 11.8 Å². The van der Waals surface area contributed by atoms with Gasteiger partial charge in [-0.3, -0.25) is 4.79 Å². The Morgan fingerprint density at radius 3 is 2.88 bits per heavy atom. The number of carbonyl (C=O) groups is 2. The molecule has 1 aliphatic rings. The lowest BCUT2D eigenvalue weighted by Gasteiger charge is -2.06. The Kier molecular flexibility index (Phi) is 2.64. The second-order valence-electron chi connectivity index (χ2n) is 3.74. The summed E-state index contributed by atoms with van der Waals surface area (Å²) in [7, 11) is 1.27. The zero-order valence-electron chi connectivity index (χ0n) is 9.15. The Hall–Kier alpha value is -1.84. The predicted molar refractivity (Wildman–Crippen MR) is 55.8 cm³/mol. The molecule has 0 saturated carbocycles. The molecule has 1 atom stereocenters. The highest BCUT2D eigenvalue weighted by Gasteiger charge is 2.36. The molecule has 0 aliphatic heterocycles. The molecule has 1 heterocycles. The van der Waals surface area contributed by atoms with Crippen molar-refractivity contribution in [2.24, 2.45) is 0 Å². The van der Waals surface area contributed by atoms with Gasteiger partial charge in [0.05, 0.1) is 13.4 Å². The van der Waals surface area contributed by atoms with Crippen molar-refractivity contribution in [1.82, 2.24) is 0 Å². The molecule has 1 unspecified atom stereocenters. The summed E-state index contributed by atoms with van der Waals surface area (Å²) in [5.41, 5.74) is 0.899. The maximum Gasteiger partial charge on any atom is 0.341 e. The van der Waals surface area contributed by atoms with E-state index in [2.05, 4.69) is 4.74 Å². The fourth-order valence-electron chi connectivity index (χ4n) is 2.02. The van der Waals surface area contributed by atoms with Crippen molar-refractivity contribution in [3.05, 3.63) is 35.3 Å². The molecule has 84 valence electrons. The molecule has 0 N–H and O–H groups in total. The highest BCUT2D eigenvalue weighted by molar-refractivity contribution is 6.20. The molecule has 0 radical (unpaired) electrons. The van der Waals surface area contributed by atoms with Gasteiger partial charge in [0.1, 0.15) is 11.3 Å². The van der Waals surface area contributed by atoms with Crippen molar-refractivity contribution in [2.75, 3.05) is 7.11 Å². The minimum Gasteiger partial charge on any atom is -0.469 e. The molecule has 0 fully saturated rings. The van der Waals surface area contributed by atoms with E-state index in [0.717, 1.165) is 5.57 Å². The summed E-state index contributed by atoms with van der Waals surface area (Å²) in [4.78, 5) is 23.1. The summed E-state index contributed by atoms with van der Waals surface area (Å²) >= 11 is 0. The predicted octanol–water partition coefficient (Wildman–Crippen LogP) is 1.83. The van der Waals surface area contributed by atoms with Crippen LogP contribution in [0.4, 0.5) is 0 Å². The number of esters is 1. The van der Waals surface area contributed by atoms with Crippen molar-refractivity contribution in [3.8, 4) is 0 Å². The lowest BCUT2D eigenvalue weighted by molar-refractivity contribution is -0.137. The molecule has 16 heavy (non-hydrogen) atoms. The lowest BCUT2D eigenvalue weighted by Crippen LogP contribution is -2.10. The van der Waals surface area contributed by atoms with Crippen LogP contribution in [0.15, 0.2) is 34.0 Å². The third-order valence-electron chi connectivity index (χ3n) is 2.86. The van der Waals surface area contributed by atoms with Crippen LogP contribution >= 0.6 is 0 Å². The number of ether oxygens (including phenoxy) is 1. The zero-order valence-corrected chi connectivity index (χ0v) is 9.15. The highest BCUT2D eigenvalue weighted by Crippen LogP contribution is 2.37. The first-order chi connectivity index (χ1) is 7.65. The second kappa shape index (κ2) is 3.96. The number of hydrogen-bond donors (Lipinski definition) is 0. The normalized spacial score (nSPS) is 20.4. The second-order valence-corrected chi connectivity index (χ2v) is 3.74. The van der Waals surface area contributed by atoms with Crippen molar-refractivity contribution < 1.29 is 18.7 Å². The molecular weight excluding hydrogens is 208 g/mol. The highest BCUT2D eigenvalue weighted by atomic mass is 16.5. The van der Waals surface area contributed by atoms with E-state index in [1.54, 1.807) is 19.3 Å². The molecule has 0 amide bonds. The summed E-state index contributed by atoms with van der Waals surface area (Å²) in [6, 6.07) is 3.57. The maximum atomic E-state index is 11.7. The molecule has 1 aromatic heterocycles. The van der Waals surface area contributed by atoms with Crippen LogP contribution in [0.5, 0.6) is 0 Å². The summed E-state index contributed by atoms with van der Waals surface area (Å²) in [6.07, 6.45) is 1.84. The number of hydrogen-bond acceptors (Lipinski definition) is 4. The molecule has 1 aliphatic carbocycles. The number of ketones is 1. The fraction of sp³-hybridized carbons (Fsp3) is 0.333. The number of rotatable bonds is 2. The molecular formula is C12H12O4.